The van der Waals surface area contributed by atoms with Crippen molar-refractivity contribution in [2.75, 3.05) is 20.3 Å². The van der Waals surface area contributed by atoms with E-state index >= 15 is 0 Å². The number of nitrogens with one attached hydrogen (secondary N) is 1. The molecule has 43 heavy (non-hydrogen) atoms. The standard InChI is InChI=1S/C19H20F3NO2.C13H16O4.ClH/c1-14(12-15-6-5-9-17(13-15)19(20,21)22)23-10-11-25-18(24)16-7-3-2-4-8-16;1-13(2)7-6-8-10(17-13)5-4-9(12(14)15)11(8)16-3;/h2-9,13-14,23H,10-12H2,1H3;4-5H,6-7H2,1-3H3,(H,14,15);1H. The summed E-state index contributed by atoms with van der Waals surface area (Å²) in [7, 11) is 1.49. The van der Waals surface area contributed by atoms with Gasteiger partial charge in [-0.3, -0.25) is 0 Å². The summed E-state index contributed by atoms with van der Waals surface area (Å²) in [5.41, 5.74) is 1.29. The highest BCUT2D eigenvalue weighted by molar-refractivity contribution is 5.92. The fourth-order valence-corrected chi connectivity index (χ4v) is 4.53. The molecule has 2 N–H and O–H groups in total. The maximum atomic E-state index is 12.7. The highest BCUT2D eigenvalue weighted by Crippen LogP contribution is 2.40. The zero-order chi connectivity index (χ0) is 30.9. The second-order valence-electron chi connectivity index (χ2n) is 10.5. The van der Waals surface area contributed by atoms with Crippen molar-refractivity contribution in [3.8, 4) is 11.5 Å². The lowest BCUT2D eigenvalue weighted by molar-refractivity contribution is -0.137. The highest BCUT2D eigenvalue weighted by atomic mass is 35.5. The van der Waals surface area contributed by atoms with Crippen molar-refractivity contribution < 1.29 is 42.1 Å². The number of esters is 1. The molecule has 4 rings (SSSR count). The van der Waals surface area contributed by atoms with E-state index in [-0.39, 0.29) is 36.2 Å². The van der Waals surface area contributed by atoms with Crippen LogP contribution < -0.4 is 14.8 Å². The van der Waals surface area contributed by atoms with Gasteiger partial charge in [-0.2, -0.15) is 13.2 Å². The van der Waals surface area contributed by atoms with Crippen LogP contribution in [-0.4, -0.2) is 48.9 Å². The summed E-state index contributed by atoms with van der Waals surface area (Å²) in [5.74, 6) is -0.226. The third-order valence-electron chi connectivity index (χ3n) is 6.65. The van der Waals surface area contributed by atoms with E-state index in [0.717, 1.165) is 36.3 Å². The van der Waals surface area contributed by atoms with Crippen molar-refractivity contribution in [2.45, 2.75) is 57.9 Å². The quantitative estimate of drug-likeness (QED) is 0.196. The predicted molar refractivity (Wildman–Crippen MR) is 160 cm³/mol. The van der Waals surface area contributed by atoms with Gasteiger partial charge in [0.1, 0.15) is 29.3 Å². The van der Waals surface area contributed by atoms with Crippen LogP contribution in [0.4, 0.5) is 13.2 Å². The Hall–Kier alpha value is -3.76. The molecule has 0 radical (unpaired) electrons. The number of halogens is 4. The van der Waals surface area contributed by atoms with E-state index in [0.29, 0.717) is 29.8 Å². The first-order valence-electron chi connectivity index (χ1n) is 13.5. The van der Waals surface area contributed by atoms with Gasteiger partial charge in [0.15, 0.2) is 0 Å². The number of aromatic carboxylic acids is 1. The number of alkyl halides is 3. The smallest absolute Gasteiger partial charge is 0.416 e. The molecule has 0 saturated carbocycles. The van der Waals surface area contributed by atoms with Crippen molar-refractivity contribution >= 4 is 24.3 Å². The molecule has 0 fully saturated rings. The van der Waals surface area contributed by atoms with Crippen molar-refractivity contribution in [2.24, 2.45) is 0 Å². The van der Waals surface area contributed by atoms with Gasteiger partial charge in [-0.25, -0.2) is 9.59 Å². The summed E-state index contributed by atoms with van der Waals surface area (Å²) in [6.07, 6.45) is -2.26. The number of carbonyl (C=O) groups is 2. The van der Waals surface area contributed by atoms with Crippen molar-refractivity contribution in [1.29, 1.82) is 0 Å². The Morgan fingerprint density at radius 1 is 1.07 bits per heavy atom. The Morgan fingerprint density at radius 2 is 1.77 bits per heavy atom. The first kappa shape index (κ1) is 35.4. The Kier molecular flexibility index (Phi) is 12.9. The number of benzene rings is 3. The molecular weight excluding hydrogens is 587 g/mol. The molecule has 1 aliphatic heterocycles. The van der Waals surface area contributed by atoms with Crippen LogP contribution in [0.5, 0.6) is 11.5 Å². The molecule has 0 aliphatic carbocycles. The fourth-order valence-electron chi connectivity index (χ4n) is 4.53. The maximum absolute atomic E-state index is 12.7. The summed E-state index contributed by atoms with van der Waals surface area (Å²) in [5, 5.41) is 12.2. The van der Waals surface area contributed by atoms with Crippen molar-refractivity contribution in [3.05, 3.63) is 94.5 Å². The Balaban J connectivity index is 0.000000313. The minimum atomic E-state index is -4.34. The second-order valence-corrected chi connectivity index (χ2v) is 10.5. The molecule has 1 heterocycles. The van der Waals surface area contributed by atoms with Gasteiger partial charge in [-0.1, -0.05) is 36.4 Å². The molecule has 7 nitrogen and oxygen atoms in total. The number of carboxylic acids is 1. The van der Waals surface area contributed by atoms with Gasteiger partial charge < -0.3 is 24.6 Å². The van der Waals surface area contributed by atoms with Gasteiger partial charge in [0.2, 0.25) is 0 Å². The normalized spacial score (nSPS) is 14.0. The Labute approximate surface area is 255 Å². The maximum Gasteiger partial charge on any atom is 0.416 e. The largest absolute Gasteiger partial charge is 0.495 e. The van der Waals surface area contributed by atoms with E-state index < -0.39 is 23.7 Å². The number of hydrogen-bond acceptors (Lipinski definition) is 6. The fraction of sp³-hybridized carbons (Fsp3) is 0.375. The molecule has 0 saturated heterocycles. The minimum absolute atomic E-state index is 0. The first-order chi connectivity index (χ1) is 19.8. The number of carbonyl (C=O) groups excluding carboxylic acids is 1. The van der Waals surface area contributed by atoms with E-state index in [1.807, 2.05) is 26.8 Å². The summed E-state index contributed by atoms with van der Waals surface area (Å²) in [6.45, 7) is 6.54. The molecule has 11 heteroatoms. The number of ether oxygens (including phenoxy) is 3. The number of rotatable bonds is 9. The van der Waals surface area contributed by atoms with Crippen molar-refractivity contribution in [3.63, 3.8) is 0 Å². The Morgan fingerprint density at radius 3 is 2.40 bits per heavy atom. The molecule has 3 aromatic carbocycles. The molecule has 1 aliphatic rings. The average molecular weight is 624 g/mol. The molecule has 3 aromatic rings. The van der Waals surface area contributed by atoms with E-state index in [9.17, 15) is 22.8 Å². The zero-order valence-electron chi connectivity index (χ0n) is 24.5. The van der Waals surface area contributed by atoms with Crippen LogP contribution in [0.15, 0.2) is 66.7 Å². The summed E-state index contributed by atoms with van der Waals surface area (Å²) < 4.78 is 54.3. The van der Waals surface area contributed by atoms with Gasteiger partial charge in [0, 0.05) is 18.2 Å². The molecule has 1 unspecified atom stereocenters. The van der Waals surface area contributed by atoms with Crippen LogP contribution in [-0.2, 0) is 23.8 Å². The number of hydrogen-bond donors (Lipinski definition) is 2. The zero-order valence-corrected chi connectivity index (χ0v) is 25.3. The van der Waals surface area contributed by atoms with Crippen LogP contribution >= 0.6 is 12.4 Å². The number of methoxy groups -OCH3 is 1. The summed E-state index contributed by atoms with van der Waals surface area (Å²) >= 11 is 0. The minimum Gasteiger partial charge on any atom is -0.495 e. The van der Waals surface area contributed by atoms with Gasteiger partial charge in [-0.05, 0) is 75.9 Å². The average Bonchev–Trinajstić information content (AvgIpc) is 2.94. The number of fused-ring (bicyclic) bond motifs is 1. The van der Waals surface area contributed by atoms with Crippen LogP contribution in [0, 0.1) is 0 Å². The molecule has 0 amide bonds. The lowest BCUT2D eigenvalue weighted by Gasteiger charge is -2.33. The summed E-state index contributed by atoms with van der Waals surface area (Å²) in [4.78, 5) is 22.8. The first-order valence-corrected chi connectivity index (χ1v) is 13.5. The molecule has 0 spiro atoms. The highest BCUT2D eigenvalue weighted by Gasteiger charge is 2.31. The molecule has 0 aromatic heterocycles. The molecule has 0 bridgehead atoms. The SMILES string of the molecule is CC(Cc1cccc(C(F)(F)F)c1)NCCOC(=O)c1ccccc1.COc1c(C(=O)O)ccc2c1CCC(C)(C)O2.Cl. The lowest BCUT2D eigenvalue weighted by atomic mass is 9.92. The van der Waals surface area contributed by atoms with Gasteiger partial charge >= 0.3 is 18.1 Å². The monoisotopic (exact) mass is 623 g/mol. The topological polar surface area (TPSA) is 94.1 Å². The lowest BCUT2D eigenvalue weighted by Crippen LogP contribution is -2.32. The van der Waals surface area contributed by atoms with E-state index in [2.05, 4.69) is 5.32 Å². The van der Waals surface area contributed by atoms with Crippen molar-refractivity contribution in [1.82, 2.24) is 5.32 Å². The van der Waals surface area contributed by atoms with Crippen LogP contribution in [0.2, 0.25) is 0 Å². The van der Waals surface area contributed by atoms with E-state index in [4.69, 9.17) is 19.3 Å². The molecular formula is C32H37ClF3NO6. The Bertz CT molecular complexity index is 1360. The molecule has 234 valence electrons. The number of carboxylic acid groups (broad SMARTS) is 1. The van der Waals surface area contributed by atoms with Crippen LogP contribution in [0.25, 0.3) is 0 Å². The van der Waals surface area contributed by atoms with Gasteiger partial charge in [-0.15, -0.1) is 12.4 Å². The van der Waals surface area contributed by atoms with Gasteiger partial charge in [0.05, 0.1) is 18.2 Å². The third-order valence-corrected chi connectivity index (χ3v) is 6.65. The second kappa shape index (κ2) is 15.6. The van der Waals surface area contributed by atoms with E-state index in [1.54, 1.807) is 36.4 Å². The predicted octanol–water partition coefficient (Wildman–Crippen LogP) is 7.00. The molecule has 1 atom stereocenters. The summed E-state index contributed by atoms with van der Waals surface area (Å²) in [6, 6.07) is 17.2. The van der Waals surface area contributed by atoms with Crippen LogP contribution in [0.1, 0.15) is 64.6 Å². The third kappa shape index (κ3) is 10.5. The van der Waals surface area contributed by atoms with Gasteiger partial charge in [0.25, 0.3) is 0 Å². The van der Waals surface area contributed by atoms with E-state index in [1.165, 1.54) is 19.2 Å². The van der Waals surface area contributed by atoms with Crippen LogP contribution in [0.3, 0.4) is 0 Å².